The summed E-state index contributed by atoms with van der Waals surface area (Å²) in [6.45, 7) is 6.54. The first-order valence-electron chi connectivity index (χ1n) is 8.31. The number of esters is 2. The number of cyclic esters (lactones) is 2. The van der Waals surface area contributed by atoms with Crippen molar-refractivity contribution in [2.75, 3.05) is 0 Å². The Hall–Kier alpha value is -2.42. The maximum absolute atomic E-state index is 13.1. The minimum atomic E-state index is -2.04. The Morgan fingerprint density at radius 3 is 2.44 bits per heavy atom. The highest BCUT2D eigenvalue weighted by Gasteiger charge is 2.82. The second kappa shape index (κ2) is 5.31. The van der Waals surface area contributed by atoms with Crippen molar-refractivity contribution in [3.63, 3.8) is 0 Å². The number of hydrogen-bond donors (Lipinski definition) is 0. The van der Waals surface area contributed by atoms with Crippen molar-refractivity contribution in [3.8, 4) is 5.75 Å². The van der Waals surface area contributed by atoms with Crippen LogP contribution in [0.5, 0.6) is 5.75 Å². The monoisotopic (exact) mass is 437 g/mol. The lowest BCUT2D eigenvalue weighted by Crippen LogP contribution is -2.58. The summed E-state index contributed by atoms with van der Waals surface area (Å²) < 4.78 is 17.1. The second-order valence-corrected chi connectivity index (χ2v) is 8.34. The number of carbonyl (C=O) groups is 2. The zero-order valence-electron chi connectivity index (χ0n) is 14.6. The quantitative estimate of drug-likeness (QED) is 0.230. The third-order valence-corrected chi connectivity index (χ3v) is 6.00. The smallest absolute Gasteiger partial charge is 0.378 e. The summed E-state index contributed by atoms with van der Waals surface area (Å²) in [4.78, 5) is 37.8. The molecule has 2 fully saturated rings. The van der Waals surface area contributed by atoms with Crippen LogP contribution in [-0.4, -0.2) is 28.4 Å². The van der Waals surface area contributed by atoms with E-state index in [1.54, 1.807) is 18.2 Å². The van der Waals surface area contributed by atoms with Crippen molar-refractivity contribution in [1.82, 2.24) is 0 Å². The van der Waals surface area contributed by atoms with Crippen LogP contribution in [0.4, 0.5) is 0 Å². The Morgan fingerprint density at radius 1 is 1.26 bits per heavy atom. The number of carbonyl (C=O) groups excluding carboxylic acids is 2. The van der Waals surface area contributed by atoms with E-state index in [0.29, 0.717) is 10.0 Å². The second-order valence-electron chi connectivity index (χ2n) is 7.42. The highest BCUT2D eigenvalue weighted by atomic mass is 79.9. The highest BCUT2D eigenvalue weighted by molar-refractivity contribution is 9.10. The number of benzene rings is 1. The van der Waals surface area contributed by atoms with Crippen LogP contribution >= 0.6 is 15.9 Å². The lowest BCUT2D eigenvalue weighted by molar-refractivity contribution is -0.622. The van der Waals surface area contributed by atoms with E-state index in [2.05, 4.69) is 22.5 Å². The molecule has 1 saturated carbocycles. The van der Waals surface area contributed by atoms with Crippen LogP contribution < -0.4 is 4.74 Å². The van der Waals surface area contributed by atoms with Gasteiger partial charge in [-0.3, -0.25) is 19.7 Å². The molecule has 142 valence electrons. The zero-order chi connectivity index (χ0) is 19.8. The molecule has 0 radical (unpaired) electrons. The van der Waals surface area contributed by atoms with Gasteiger partial charge in [0.05, 0.1) is 10.8 Å². The minimum absolute atomic E-state index is 0.179. The first-order valence-corrected chi connectivity index (χ1v) is 9.10. The number of rotatable bonds is 2. The Bertz CT molecular complexity index is 891. The lowest BCUT2D eigenvalue weighted by Gasteiger charge is -2.40. The Balaban J connectivity index is 2.00. The molecule has 1 unspecified atom stereocenters. The number of halogens is 1. The third kappa shape index (κ3) is 2.08. The van der Waals surface area contributed by atoms with E-state index in [1.807, 2.05) is 0 Å². The Labute approximate surface area is 162 Å². The van der Waals surface area contributed by atoms with Crippen molar-refractivity contribution in [2.24, 2.45) is 11.3 Å². The van der Waals surface area contributed by atoms with Gasteiger partial charge in [0.25, 0.3) is 5.79 Å². The molecule has 2 heterocycles. The molecule has 8 nitrogen and oxygen atoms in total. The van der Waals surface area contributed by atoms with E-state index in [1.165, 1.54) is 19.9 Å². The Morgan fingerprint density at radius 2 is 1.89 bits per heavy atom. The normalized spacial score (nSPS) is 32.1. The van der Waals surface area contributed by atoms with Gasteiger partial charge < -0.3 is 14.2 Å². The van der Waals surface area contributed by atoms with Crippen LogP contribution in [0.1, 0.15) is 31.7 Å². The molecule has 1 saturated heterocycles. The SMILES string of the molecule is C=CC1CC2(C(=O)OC(C)(C)OC2=O)[C@H]2c3cc(Br)ccc3O[C@@]12[N+](=O)[O-]. The van der Waals surface area contributed by atoms with E-state index >= 15 is 0 Å². The molecule has 0 aromatic heterocycles. The topological polar surface area (TPSA) is 105 Å². The van der Waals surface area contributed by atoms with Crippen LogP contribution in [0.25, 0.3) is 0 Å². The number of ether oxygens (including phenoxy) is 3. The van der Waals surface area contributed by atoms with E-state index in [9.17, 15) is 19.7 Å². The molecule has 1 aliphatic carbocycles. The van der Waals surface area contributed by atoms with Gasteiger partial charge >= 0.3 is 17.7 Å². The molecular formula is C18H16BrNO7. The van der Waals surface area contributed by atoms with Crippen LogP contribution in [0.3, 0.4) is 0 Å². The number of fused-ring (bicyclic) bond motifs is 4. The van der Waals surface area contributed by atoms with Gasteiger partial charge in [-0.15, -0.1) is 6.58 Å². The number of nitrogens with zero attached hydrogens (tertiary/aromatic N) is 1. The molecule has 0 bridgehead atoms. The fraction of sp³-hybridized carbons (Fsp3) is 0.444. The fourth-order valence-electron chi connectivity index (χ4n) is 4.48. The summed E-state index contributed by atoms with van der Waals surface area (Å²) in [5.74, 6) is -4.99. The largest absolute Gasteiger partial charge is 0.427 e. The molecule has 3 atom stereocenters. The van der Waals surface area contributed by atoms with Crippen molar-refractivity contribution >= 4 is 27.9 Å². The third-order valence-electron chi connectivity index (χ3n) is 5.51. The predicted molar refractivity (Wildman–Crippen MR) is 94.2 cm³/mol. The maximum atomic E-state index is 13.1. The van der Waals surface area contributed by atoms with Crippen LogP contribution in [-0.2, 0) is 19.1 Å². The van der Waals surface area contributed by atoms with Gasteiger partial charge in [0.1, 0.15) is 11.7 Å². The predicted octanol–water partition coefficient (Wildman–Crippen LogP) is 2.93. The molecule has 3 aliphatic rings. The zero-order valence-corrected chi connectivity index (χ0v) is 16.1. The lowest BCUT2D eigenvalue weighted by atomic mass is 9.72. The van der Waals surface area contributed by atoms with Gasteiger partial charge in [0.2, 0.25) is 0 Å². The molecule has 1 aromatic rings. The molecule has 0 N–H and O–H groups in total. The highest BCUT2D eigenvalue weighted by Crippen LogP contribution is 2.66. The standard InChI is InChI=1S/C18H16BrNO7/c1-4-9-8-17(14(21)26-16(2,3)27-15(17)22)13-11-7-10(19)5-6-12(11)25-18(9,13)20(23)24/h4-7,9,13H,1,8H2,2-3H3/t9?,13-,18+/m1/s1. The van der Waals surface area contributed by atoms with Crippen LogP contribution in [0.15, 0.2) is 35.3 Å². The first kappa shape index (κ1) is 18.0. The van der Waals surface area contributed by atoms with Crippen molar-refractivity contribution in [3.05, 3.63) is 51.0 Å². The summed E-state index contributed by atoms with van der Waals surface area (Å²) in [5, 5.41) is 12.2. The van der Waals surface area contributed by atoms with Gasteiger partial charge in [-0.1, -0.05) is 22.0 Å². The number of nitro groups is 1. The molecular weight excluding hydrogens is 422 g/mol. The van der Waals surface area contributed by atoms with Crippen molar-refractivity contribution in [2.45, 2.75) is 37.7 Å². The molecule has 1 spiro atoms. The van der Waals surface area contributed by atoms with Gasteiger partial charge in [-0.25, -0.2) is 0 Å². The maximum Gasteiger partial charge on any atom is 0.378 e. The average Bonchev–Trinajstić information content (AvgIpc) is 3.04. The molecule has 1 aromatic carbocycles. The molecule has 4 rings (SSSR count). The van der Waals surface area contributed by atoms with Crippen LogP contribution in [0.2, 0.25) is 0 Å². The van der Waals surface area contributed by atoms with Gasteiger partial charge in [-0.05, 0) is 24.6 Å². The summed E-state index contributed by atoms with van der Waals surface area (Å²) in [5.41, 5.74) is -3.53. The van der Waals surface area contributed by atoms with E-state index in [0.717, 1.165) is 0 Å². The number of hydrogen-bond acceptors (Lipinski definition) is 7. The summed E-state index contributed by atoms with van der Waals surface area (Å²) in [7, 11) is 0. The van der Waals surface area contributed by atoms with Gasteiger partial charge in [0, 0.05) is 23.9 Å². The van der Waals surface area contributed by atoms with E-state index < -0.39 is 45.6 Å². The van der Waals surface area contributed by atoms with Crippen molar-refractivity contribution in [1.29, 1.82) is 0 Å². The molecule has 27 heavy (non-hydrogen) atoms. The van der Waals surface area contributed by atoms with Crippen molar-refractivity contribution < 1.29 is 28.7 Å². The summed E-state index contributed by atoms with van der Waals surface area (Å²) in [6.07, 6.45) is 1.17. The first-order chi connectivity index (χ1) is 12.6. The van der Waals surface area contributed by atoms with E-state index in [-0.39, 0.29) is 12.2 Å². The minimum Gasteiger partial charge on any atom is -0.427 e. The van der Waals surface area contributed by atoms with Crippen LogP contribution in [0, 0.1) is 21.4 Å². The Kier molecular flexibility index (Phi) is 3.53. The fourth-order valence-corrected chi connectivity index (χ4v) is 4.86. The molecule has 0 amide bonds. The van der Waals surface area contributed by atoms with Gasteiger partial charge in [-0.2, -0.15) is 0 Å². The molecule has 2 aliphatic heterocycles. The van der Waals surface area contributed by atoms with E-state index in [4.69, 9.17) is 14.2 Å². The van der Waals surface area contributed by atoms with Gasteiger partial charge in [0.15, 0.2) is 5.41 Å². The average molecular weight is 438 g/mol. The summed E-state index contributed by atoms with van der Waals surface area (Å²) >= 11 is 3.33. The summed E-state index contributed by atoms with van der Waals surface area (Å²) in [6, 6.07) is 4.86. The molecule has 9 heteroatoms.